The Hall–Kier alpha value is -1.25. The third-order valence-corrected chi connectivity index (χ3v) is 4.85. The van der Waals surface area contributed by atoms with E-state index in [9.17, 15) is 9.69 Å². The van der Waals surface area contributed by atoms with Crippen LogP contribution >= 0.6 is 19.9 Å². The normalized spacial score (nSPS) is 12.2. The third-order valence-electron chi connectivity index (χ3n) is 3.23. The zero-order chi connectivity index (χ0) is 16.1. The van der Waals surface area contributed by atoms with Gasteiger partial charge in [-0.15, -0.1) is 0 Å². The van der Waals surface area contributed by atoms with E-state index in [1.807, 2.05) is 26.0 Å². The Kier molecular flexibility index (Phi) is 6.10. The summed E-state index contributed by atoms with van der Waals surface area (Å²) in [6, 6.07) is 12.5. The van der Waals surface area contributed by atoms with Gasteiger partial charge in [0.1, 0.15) is 8.30 Å². The van der Waals surface area contributed by atoms with Crippen molar-refractivity contribution in [2.75, 3.05) is 6.54 Å². The fourth-order valence-corrected chi connectivity index (χ4v) is 3.37. The van der Waals surface area contributed by atoms with Crippen LogP contribution in [0.4, 0.5) is 0 Å². The van der Waals surface area contributed by atoms with Crippen LogP contribution in [-0.2, 0) is 0 Å². The zero-order valence-corrected chi connectivity index (χ0v) is 14.3. The molecule has 0 aliphatic heterocycles. The summed E-state index contributed by atoms with van der Waals surface area (Å²) in [4.78, 5) is 22.8. The molecule has 0 aliphatic rings. The van der Waals surface area contributed by atoms with Crippen molar-refractivity contribution in [3.8, 4) is 0 Å². The first-order valence-electron chi connectivity index (χ1n) is 7.16. The van der Waals surface area contributed by atoms with Gasteiger partial charge in [0, 0.05) is 23.0 Å². The third kappa shape index (κ3) is 4.15. The number of benzene rings is 2. The lowest BCUT2D eigenvalue weighted by molar-refractivity contribution is 0.103. The highest BCUT2D eigenvalue weighted by Crippen LogP contribution is 2.25. The van der Waals surface area contributed by atoms with Crippen LogP contribution in [0.15, 0.2) is 42.5 Å². The maximum Gasteiger partial charge on any atom is 0.194 e. The van der Waals surface area contributed by atoms with Gasteiger partial charge in [0.2, 0.25) is 0 Å². The predicted molar refractivity (Wildman–Crippen MR) is 93.1 cm³/mol. The average molecular weight is 336 g/mol. The minimum absolute atomic E-state index is 0.130. The lowest BCUT2D eigenvalue weighted by atomic mass is 10.0. The second-order valence-electron chi connectivity index (χ2n) is 5.08. The van der Waals surface area contributed by atoms with Crippen LogP contribution in [0.1, 0.15) is 34.8 Å². The molecule has 0 saturated carbocycles. The molecule has 116 valence electrons. The summed E-state index contributed by atoms with van der Waals surface area (Å²) >= 11 is 6.13. The summed E-state index contributed by atoms with van der Waals surface area (Å²) < 4.78 is 0. The van der Waals surface area contributed by atoms with Crippen LogP contribution in [0.3, 0.4) is 0 Å². The second-order valence-corrected chi connectivity index (χ2v) is 6.95. The van der Waals surface area contributed by atoms with Crippen molar-refractivity contribution in [1.29, 1.82) is 0 Å². The van der Waals surface area contributed by atoms with Gasteiger partial charge in [-0.2, -0.15) is 0 Å². The molecule has 0 spiro atoms. The summed E-state index contributed by atoms with van der Waals surface area (Å²) in [5, 5.41) is 4.23. The highest BCUT2D eigenvalue weighted by Gasteiger charge is 2.15. The molecule has 0 aromatic heterocycles. The van der Waals surface area contributed by atoms with Gasteiger partial charge < -0.3 is 4.89 Å². The topological polar surface area (TPSA) is 49.3 Å². The number of nitrogens with one attached hydrogen (secondary N) is 1. The van der Waals surface area contributed by atoms with Gasteiger partial charge in [0.15, 0.2) is 5.78 Å². The quantitative estimate of drug-likeness (QED) is 0.623. The smallest absolute Gasteiger partial charge is 0.194 e. The molecule has 3 nitrogen and oxygen atoms in total. The SMILES string of the molecule is CCCNP(O)c1cccc(C(=O)c2cc(C)ccc2Cl)c1. The minimum Gasteiger partial charge on any atom is -0.356 e. The number of carbonyl (C=O) groups excluding carboxylic acids is 1. The maximum atomic E-state index is 12.6. The number of rotatable bonds is 6. The molecule has 2 aromatic rings. The number of aryl methyl sites for hydroxylation is 1. The molecule has 22 heavy (non-hydrogen) atoms. The zero-order valence-electron chi connectivity index (χ0n) is 12.6. The van der Waals surface area contributed by atoms with E-state index in [0.717, 1.165) is 23.8 Å². The minimum atomic E-state index is -1.44. The van der Waals surface area contributed by atoms with Crippen LogP contribution in [-0.4, -0.2) is 17.2 Å². The van der Waals surface area contributed by atoms with E-state index in [1.165, 1.54) is 0 Å². The number of hydrogen-bond donors (Lipinski definition) is 2. The number of carbonyl (C=O) groups is 1. The highest BCUT2D eigenvalue weighted by atomic mass is 35.5. The fourth-order valence-electron chi connectivity index (χ4n) is 2.06. The number of hydrogen-bond acceptors (Lipinski definition) is 3. The van der Waals surface area contributed by atoms with Crippen molar-refractivity contribution in [1.82, 2.24) is 5.09 Å². The Morgan fingerprint density at radius 3 is 2.77 bits per heavy atom. The van der Waals surface area contributed by atoms with E-state index in [4.69, 9.17) is 11.6 Å². The molecule has 0 heterocycles. The van der Waals surface area contributed by atoms with Crippen LogP contribution in [0.5, 0.6) is 0 Å². The Bertz CT molecular complexity index is 675. The van der Waals surface area contributed by atoms with Gasteiger partial charge in [-0.05, 0) is 31.5 Å². The molecule has 0 bridgehead atoms. The van der Waals surface area contributed by atoms with Crippen molar-refractivity contribution < 1.29 is 9.69 Å². The molecule has 5 heteroatoms. The van der Waals surface area contributed by atoms with E-state index in [-0.39, 0.29) is 5.78 Å². The van der Waals surface area contributed by atoms with Gasteiger partial charge in [0.05, 0.1) is 5.02 Å². The molecule has 2 N–H and O–H groups in total. The largest absolute Gasteiger partial charge is 0.356 e. The molecule has 0 aliphatic carbocycles. The summed E-state index contributed by atoms with van der Waals surface area (Å²) in [5.74, 6) is -0.130. The average Bonchev–Trinajstić information content (AvgIpc) is 2.54. The molecule has 0 radical (unpaired) electrons. The summed E-state index contributed by atoms with van der Waals surface area (Å²) in [6.45, 7) is 4.70. The van der Waals surface area contributed by atoms with Crippen LogP contribution in [0.2, 0.25) is 5.02 Å². The fraction of sp³-hybridized carbons (Fsp3) is 0.235. The lowest BCUT2D eigenvalue weighted by Gasteiger charge is -2.13. The molecule has 1 atom stereocenters. The van der Waals surface area contributed by atoms with Crippen molar-refractivity contribution >= 4 is 31.0 Å². The van der Waals surface area contributed by atoms with Gasteiger partial charge >= 0.3 is 0 Å². The van der Waals surface area contributed by atoms with E-state index in [2.05, 4.69) is 5.09 Å². The lowest BCUT2D eigenvalue weighted by Crippen LogP contribution is -2.17. The van der Waals surface area contributed by atoms with Crippen molar-refractivity contribution in [2.45, 2.75) is 20.3 Å². The first-order chi connectivity index (χ1) is 10.5. The van der Waals surface area contributed by atoms with Crippen LogP contribution < -0.4 is 10.4 Å². The molecule has 1 unspecified atom stereocenters. The summed E-state index contributed by atoms with van der Waals surface area (Å²) in [6.07, 6.45) is 0.941. The van der Waals surface area contributed by atoms with Crippen LogP contribution in [0, 0.1) is 6.92 Å². The van der Waals surface area contributed by atoms with Gasteiger partial charge in [0.25, 0.3) is 0 Å². The standard InChI is InChI=1S/C17H19ClNO2P/c1-3-9-19-22(21)14-6-4-5-13(11-14)17(20)15-10-12(2)7-8-16(15)18/h4-8,10-11,19,21H,3,9H2,1-2H3. The molecule has 0 fully saturated rings. The second kappa shape index (κ2) is 7.85. The van der Waals surface area contributed by atoms with Crippen LogP contribution in [0.25, 0.3) is 0 Å². The van der Waals surface area contributed by atoms with Crippen molar-refractivity contribution in [2.24, 2.45) is 0 Å². The van der Waals surface area contributed by atoms with Crippen molar-refractivity contribution in [3.63, 3.8) is 0 Å². The van der Waals surface area contributed by atoms with Gasteiger partial charge in [-0.3, -0.25) is 9.88 Å². The van der Waals surface area contributed by atoms with Gasteiger partial charge in [-0.25, -0.2) is 0 Å². The van der Waals surface area contributed by atoms with E-state index in [0.29, 0.717) is 16.1 Å². The predicted octanol–water partition coefficient (Wildman–Crippen LogP) is 3.81. The Morgan fingerprint density at radius 2 is 2.05 bits per heavy atom. The maximum absolute atomic E-state index is 12.6. The first-order valence-corrected chi connectivity index (χ1v) is 8.83. The molecular weight excluding hydrogens is 317 g/mol. The number of ketones is 1. The Morgan fingerprint density at radius 1 is 1.27 bits per heavy atom. The first kappa shape index (κ1) is 17.1. The molecule has 2 rings (SSSR count). The summed E-state index contributed by atoms with van der Waals surface area (Å²) in [7, 11) is -1.44. The number of halogens is 1. The van der Waals surface area contributed by atoms with Crippen molar-refractivity contribution in [3.05, 3.63) is 64.2 Å². The monoisotopic (exact) mass is 335 g/mol. The Labute approximate surface area is 137 Å². The Balaban J connectivity index is 2.29. The van der Waals surface area contributed by atoms with Gasteiger partial charge in [-0.1, -0.05) is 48.4 Å². The molecule has 2 aromatic carbocycles. The molecule has 0 amide bonds. The van der Waals surface area contributed by atoms with E-state index < -0.39 is 8.30 Å². The molecular formula is C17H19ClNO2P. The highest BCUT2D eigenvalue weighted by molar-refractivity contribution is 7.57. The van der Waals surface area contributed by atoms with E-state index in [1.54, 1.807) is 30.3 Å². The molecule has 0 saturated heterocycles. The van der Waals surface area contributed by atoms with E-state index >= 15 is 0 Å². The summed E-state index contributed by atoms with van der Waals surface area (Å²) in [5.41, 5.74) is 2.00.